The van der Waals surface area contributed by atoms with Crippen LogP contribution in [0.5, 0.6) is 0 Å². The van der Waals surface area contributed by atoms with Gasteiger partial charge in [0, 0.05) is 5.69 Å². The maximum absolute atomic E-state index is 12.6. The number of carbonyl (C=O) groups is 1. The van der Waals surface area contributed by atoms with Crippen LogP contribution in [-0.2, 0) is 6.18 Å². The molecular weight excluding hydrogens is 277 g/mol. The van der Waals surface area contributed by atoms with Gasteiger partial charge in [0.25, 0.3) is 5.91 Å². The summed E-state index contributed by atoms with van der Waals surface area (Å²) < 4.78 is 37.9. The first kappa shape index (κ1) is 13.5. The van der Waals surface area contributed by atoms with E-state index in [-0.39, 0.29) is 0 Å². The van der Waals surface area contributed by atoms with Gasteiger partial charge in [-0.2, -0.15) is 13.2 Å². The van der Waals surface area contributed by atoms with Crippen molar-refractivity contribution in [3.63, 3.8) is 0 Å². The van der Waals surface area contributed by atoms with E-state index in [0.29, 0.717) is 17.0 Å². The highest BCUT2D eigenvalue weighted by atomic mass is 32.1. The van der Waals surface area contributed by atoms with Crippen LogP contribution in [0.3, 0.4) is 0 Å². The van der Waals surface area contributed by atoms with Crippen molar-refractivity contribution >= 4 is 22.9 Å². The molecule has 0 radical (unpaired) electrons. The fourth-order valence-electron chi connectivity index (χ4n) is 1.50. The lowest BCUT2D eigenvalue weighted by Gasteiger charge is -2.09. The number of thiazole rings is 1. The van der Waals surface area contributed by atoms with Crippen LogP contribution in [0, 0.1) is 6.92 Å². The molecule has 2 rings (SSSR count). The summed E-state index contributed by atoms with van der Waals surface area (Å²) in [5.74, 6) is -0.802. The summed E-state index contributed by atoms with van der Waals surface area (Å²) in [5.41, 5.74) is 1.11. The quantitative estimate of drug-likeness (QED) is 0.914. The first-order valence-corrected chi connectivity index (χ1v) is 6.15. The van der Waals surface area contributed by atoms with Gasteiger partial charge in [0.05, 0.1) is 5.51 Å². The van der Waals surface area contributed by atoms with Crippen LogP contribution < -0.4 is 5.32 Å². The number of anilines is 1. The van der Waals surface area contributed by atoms with Gasteiger partial charge in [-0.05, 0) is 18.6 Å². The van der Waals surface area contributed by atoms with E-state index in [0.717, 1.165) is 11.1 Å². The van der Waals surface area contributed by atoms with Crippen molar-refractivity contribution in [2.45, 2.75) is 13.1 Å². The number of benzene rings is 1. The maximum Gasteiger partial charge on any atom is 0.434 e. The number of hydrogen-bond acceptors (Lipinski definition) is 3. The third kappa shape index (κ3) is 2.93. The first-order chi connectivity index (χ1) is 8.89. The number of amides is 1. The molecule has 0 aliphatic heterocycles. The standard InChI is InChI=1S/C12H9F3N2OS/c1-7-4-2-3-5-8(7)17-11(18)9-10(12(13,14)15)16-6-19-9/h2-6H,1H3,(H,17,18). The molecule has 0 fully saturated rings. The minimum Gasteiger partial charge on any atom is -0.321 e. The van der Waals surface area contributed by atoms with Gasteiger partial charge >= 0.3 is 6.18 Å². The van der Waals surface area contributed by atoms with Crippen LogP contribution in [0.1, 0.15) is 20.9 Å². The Labute approximate surface area is 111 Å². The number of carbonyl (C=O) groups excluding carboxylic acids is 1. The summed E-state index contributed by atoms with van der Waals surface area (Å²) in [6, 6.07) is 6.85. The van der Waals surface area contributed by atoms with Crippen LogP contribution in [0.25, 0.3) is 0 Å². The summed E-state index contributed by atoms with van der Waals surface area (Å²) in [4.78, 5) is 14.6. The lowest BCUT2D eigenvalue weighted by molar-refractivity contribution is -0.141. The monoisotopic (exact) mass is 286 g/mol. The lowest BCUT2D eigenvalue weighted by Crippen LogP contribution is -2.17. The molecule has 7 heteroatoms. The van der Waals surface area contributed by atoms with Gasteiger partial charge in [0.1, 0.15) is 4.88 Å². The minimum absolute atomic E-state index is 0.434. The van der Waals surface area contributed by atoms with E-state index in [1.807, 2.05) is 0 Å². The number of para-hydroxylation sites is 1. The number of hydrogen-bond donors (Lipinski definition) is 1. The predicted molar refractivity (Wildman–Crippen MR) is 66.2 cm³/mol. The number of aromatic nitrogens is 1. The zero-order chi connectivity index (χ0) is 14.0. The van der Waals surface area contributed by atoms with E-state index in [1.54, 1.807) is 31.2 Å². The third-order valence-electron chi connectivity index (χ3n) is 2.44. The van der Waals surface area contributed by atoms with Crippen molar-refractivity contribution in [2.75, 3.05) is 5.32 Å². The Morgan fingerprint density at radius 2 is 2.00 bits per heavy atom. The van der Waals surface area contributed by atoms with Crippen molar-refractivity contribution in [2.24, 2.45) is 0 Å². The average molecular weight is 286 g/mol. The molecule has 2 aromatic rings. The van der Waals surface area contributed by atoms with Crippen molar-refractivity contribution in [3.8, 4) is 0 Å². The number of rotatable bonds is 2. The fraction of sp³-hybridized carbons (Fsp3) is 0.167. The molecule has 19 heavy (non-hydrogen) atoms. The Bertz CT molecular complexity index is 607. The summed E-state index contributed by atoms with van der Waals surface area (Å²) in [5, 5.41) is 2.46. The van der Waals surface area contributed by atoms with Crippen LogP contribution in [0.15, 0.2) is 29.8 Å². The SMILES string of the molecule is Cc1ccccc1NC(=O)c1scnc1C(F)(F)F. The Kier molecular flexibility index (Phi) is 3.57. The molecule has 0 spiro atoms. The van der Waals surface area contributed by atoms with Gasteiger partial charge < -0.3 is 5.32 Å². The van der Waals surface area contributed by atoms with Gasteiger partial charge in [-0.15, -0.1) is 11.3 Å². The molecule has 0 saturated carbocycles. The molecule has 1 aromatic carbocycles. The highest BCUT2D eigenvalue weighted by Crippen LogP contribution is 2.33. The third-order valence-corrected chi connectivity index (χ3v) is 3.26. The Morgan fingerprint density at radius 1 is 1.32 bits per heavy atom. The van der Waals surface area contributed by atoms with E-state index in [4.69, 9.17) is 0 Å². The average Bonchev–Trinajstić information content (AvgIpc) is 2.81. The van der Waals surface area contributed by atoms with Crippen molar-refractivity contribution in [1.29, 1.82) is 0 Å². The molecule has 1 aromatic heterocycles. The van der Waals surface area contributed by atoms with E-state index < -0.39 is 22.7 Å². The number of aryl methyl sites for hydroxylation is 1. The lowest BCUT2D eigenvalue weighted by atomic mass is 10.2. The van der Waals surface area contributed by atoms with E-state index in [9.17, 15) is 18.0 Å². The van der Waals surface area contributed by atoms with Gasteiger partial charge in [-0.25, -0.2) is 4.98 Å². The molecular formula is C12H9F3N2OS. The van der Waals surface area contributed by atoms with Gasteiger partial charge in [-0.1, -0.05) is 18.2 Å². The number of nitrogens with zero attached hydrogens (tertiary/aromatic N) is 1. The molecule has 0 unspecified atom stereocenters. The topological polar surface area (TPSA) is 42.0 Å². The molecule has 1 N–H and O–H groups in total. The maximum atomic E-state index is 12.6. The Morgan fingerprint density at radius 3 is 2.63 bits per heavy atom. The second kappa shape index (κ2) is 5.00. The molecule has 0 aliphatic carbocycles. The zero-order valence-electron chi connectivity index (χ0n) is 9.78. The summed E-state index contributed by atoms with van der Waals surface area (Å²) in [6.45, 7) is 1.76. The summed E-state index contributed by atoms with van der Waals surface area (Å²) in [7, 11) is 0. The van der Waals surface area contributed by atoms with Crippen LogP contribution >= 0.6 is 11.3 Å². The van der Waals surface area contributed by atoms with E-state index in [1.165, 1.54) is 0 Å². The van der Waals surface area contributed by atoms with Crippen LogP contribution in [0.4, 0.5) is 18.9 Å². The minimum atomic E-state index is -4.63. The molecule has 0 aliphatic rings. The zero-order valence-corrected chi connectivity index (χ0v) is 10.6. The number of halogens is 3. The normalized spacial score (nSPS) is 11.4. The molecule has 1 amide bonds. The number of nitrogens with one attached hydrogen (secondary N) is 1. The Hall–Kier alpha value is -1.89. The van der Waals surface area contributed by atoms with E-state index >= 15 is 0 Å². The smallest absolute Gasteiger partial charge is 0.321 e. The molecule has 1 heterocycles. The first-order valence-electron chi connectivity index (χ1n) is 5.27. The largest absolute Gasteiger partial charge is 0.434 e. The molecule has 0 bridgehead atoms. The van der Waals surface area contributed by atoms with Crippen molar-refractivity contribution in [1.82, 2.24) is 4.98 Å². The van der Waals surface area contributed by atoms with Crippen LogP contribution in [0.2, 0.25) is 0 Å². The fourth-order valence-corrected chi connectivity index (χ4v) is 2.20. The number of alkyl halides is 3. The van der Waals surface area contributed by atoms with Gasteiger partial charge in [0.15, 0.2) is 5.69 Å². The second-order valence-electron chi connectivity index (χ2n) is 3.80. The molecule has 100 valence electrons. The Balaban J connectivity index is 2.27. The van der Waals surface area contributed by atoms with Gasteiger partial charge in [0.2, 0.25) is 0 Å². The van der Waals surface area contributed by atoms with Crippen molar-refractivity contribution < 1.29 is 18.0 Å². The highest BCUT2D eigenvalue weighted by Gasteiger charge is 2.38. The molecule has 0 atom stereocenters. The van der Waals surface area contributed by atoms with E-state index in [2.05, 4.69) is 10.3 Å². The van der Waals surface area contributed by atoms with Gasteiger partial charge in [-0.3, -0.25) is 4.79 Å². The summed E-state index contributed by atoms with van der Waals surface area (Å²) in [6.07, 6.45) is -4.63. The predicted octanol–water partition coefficient (Wildman–Crippen LogP) is 3.72. The summed E-state index contributed by atoms with van der Waals surface area (Å²) >= 11 is 0.666. The molecule has 0 saturated heterocycles. The van der Waals surface area contributed by atoms with Crippen LogP contribution in [-0.4, -0.2) is 10.9 Å². The highest BCUT2D eigenvalue weighted by molar-refractivity contribution is 7.12. The second-order valence-corrected chi connectivity index (χ2v) is 4.65. The van der Waals surface area contributed by atoms with Crippen molar-refractivity contribution in [3.05, 3.63) is 45.9 Å². The molecule has 3 nitrogen and oxygen atoms in total.